The zero-order valence-corrected chi connectivity index (χ0v) is 23.8. The standard InChI is InChI=1S/C29H26BrN3O4S/c1-5-36-28(35)25-17(2)31-29-33(26(25)19-8-12-21(13-9-19)32(3)4)27(34)24(38-29)16-22-14-15-23(37-22)18-6-10-20(30)11-7-18/h6-16,26H,5H2,1-4H3/t26-/m0/s1. The molecule has 0 N–H and O–H groups in total. The van der Waals surface area contributed by atoms with Crippen molar-refractivity contribution in [2.75, 3.05) is 25.6 Å². The van der Waals surface area contributed by atoms with Gasteiger partial charge in [-0.15, -0.1) is 0 Å². The first-order chi connectivity index (χ1) is 18.3. The number of carbonyl (C=O) groups is 1. The quantitative estimate of drug-likeness (QED) is 0.298. The number of fused-ring (bicyclic) bond motifs is 1. The van der Waals surface area contributed by atoms with E-state index >= 15 is 0 Å². The lowest BCUT2D eigenvalue weighted by Crippen LogP contribution is -2.39. The van der Waals surface area contributed by atoms with Crippen LogP contribution in [0.3, 0.4) is 0 Å². The summed E-state index contributed by atoms with van der Waals surface area (Å²) in [6, 6.07) is 18.7. The fourth-order valence-electron chi connectivity index (χ4n) is 4.39. The number of benzene rings is 2. The lowest BCUT2D eigenvalue weighted by Gasteiger charge is -2.25. The van der Waals surface area contributed by atoms with Crippen molar-refractivity contribution in [1.29, 1.82) is 0 Å². The van der Waals surface area contributed by atoms with Crippen molar-refractivity contribution >= 4 is 45.0 Å². The third-order valence-electron chi connectivity index (χ3n) is 6.27. The summed E-state index contributed by atoms with van der Waals surface area (Å²) >= 11 is 4.71. The van der Waals surface area contributed by atoms with Gasteiger partial charge in [0.2, 0.25) is 0 Å². The van der Waals surface area contributed by atoms with E-state index in [-0.39, 0.29) is 12.2 Å². The minimum absolute atomic E-state index is 0.228. The number of carbonyl (C=O) groups excluding carboxylic acids is 1. The Kier molecular flexibility index (Phi) is 7.23. The predicted octanol–water partition coefficient (Wildman–Crippen LogP) is 4.89. The average molecular weight is 593 g/mol. The van der Waals surface area contributed by atoms with Crippen molar-refractivity contribution < 1.29 is 13.9 Å². The molecule has 194 valence electrons. The number of ether oxygens (including phenoxy) is 1. The third kappa shape index (κ3) is 4.91. The molecule has 5 rings (SSSR count). The summed E-state index contributed by atoms with van der Waals surface area (Å²) in [5, 5.41) is 0. The second-order valence-corrected chi connectivity index (χ2v) is 10.9. The summed E-state index contributed by atoms with van der Waals surface area (Å²) in [4.78, 5) is 34.0. The molecule has 3 heterocycles. The fourth-order valence-corrected chi connectivity index (χ4v) is 5.68. The van der Waals surface area contributed by atoms with Gasteiger partial charge >= 0.3 is 5.97 Å². The molecule has 38 heavy (non-hydrogen) atoms. The van der Waals surface area contributed by atoms with Gasteiger partial charge in [0, 0.05) is 35.9 Å². The molecule has 0 radical (unpaired) electrons. The molecule has 1 aliphatic rings. The van der Waals surface area contributed by atoms with Crippen molar-refractivity contribution in [2.45, 2.75) is 19.9 Å². The molecule has 9 heteroatoms. The van der Waals surface area contributed by atoms with Crippen LogP contribution in [0.1, 0.15) is 31.2 Å². The summed E-state index contributed by atoms with van der Waals surface area (Å²) in [6.45, 7) is 3.77. The summed E-state index contributed by atoms with van der Waals surface area (Å²) in [5.41, 5.74) is 3.40. The highest BCUT2D eigenvalue weighted by Gasteiger charge is 2.33. The molecule has 7 nitrogen and oxygen atoms in total. The minimum Gasteiger partial charge on any atom is -0.463 e. The van der Waals surface area contributed by atoms with Crippen LogP contribution in [0, 0.1) is 0 Å². The van der Waals surface area contributed by atoms with E-state index in [0.29, 0.717) is 32.1 Å². The van der Waals surface area contributed by atoms with Crippen LogP contribution in [0.4, 0.5) is 5.69 Å². The number of halogens is 1. The molecule has 1 atom stereocenters. The maximum atomic E-state index is 13.8. The Morgan fingerprint density at radius 1 is 1.13 bits per heavy atom. The van der Waals surface area contributed by atoms with Gasteiger partial charge in [0.05, 0.1) is 28.5 Å². The van der Waals surface area contributed by atoms with Gasteiger partial charge in [-0.25, -0.2) is 9.79 Å². The maximum Gasteiger partial charge on any atom is 0.338 e. The van der Waals surface area contributed by atoms with Crippen LogP contribution in [-0.4, -0.2) is 31.2 Å². The largest absolute Gasteiger partial charge is 0.463 e. The first-order valence-electron chi connectivity index (χ1n) is 12.1. The molecule has 4 aromatic rings. The zero-order valence-electron chi connectivity index (χ0n) is 21.4. The van der Waals surface area contributed by atoms with Gasteiger partial charge in [-0.3, -0.25) is 9.36 Å². The van der Waals surface area contributed by atoms with Crippen LogP contribution in [0.15, 0.2) is 90.6 Å². The van der Waals surface area contributed by atoms with E-state index in [9.17, 15) is 9.59 Å². The molecule has 0 saturated heterocycles. The van der Waals surface area contributed by atoms with Gasteiger partial charge in [0.25, 0.3) is 5.56 Å². The number of allylic oxidation sites excluding steroid dienone is 1. The highest BCUT2D eigenvalue weighted by atomic mass is 79.9. The van der Waals surface area contributed by atoms with E-state index < -0.39 is 12.0 Å². The van der Waals surface area contributed by atoms with E-state index in [1.165, 1.54) is 11.3 Å². The Hall–Kier alpha value is -3.69. The van der Waals surface area contributed by atoms with Gasteiger partial charge in [-0.1, -0.05) is 51.5 Å². The highest BCUT2D eigenvalue weighted by Crippen LogP contribution is 2.31. The van der Waals surface area contributed by atoms with E-state index in [4.69, 9.17) is 9.15 Å². The first kappa shape index (κ1) is 25.9. The number of anilines is 1. The number of hydrogen-bond donors (Lipinski definition) is 0. The molecule has 0 spiro atoms. The lowest BCUT2D eigenvalue weighted by atomic mass is 9.95. The number of nitrogens with zero attached hydrogens (tertiary/aromatic N) is 3. The Morgan fingerprint density at radius 2 is 1.84 bits per heavy atom. The number of hydrogen-bond acceptors (Lipinski definition) is 7. The molecule has 2 aromatic carbocycles. The summed E-state index contributed by atoms with van der Waals surface area (Å²) in [6.07, 6.45) is 1.72. The highest BCUT2D eigenvalue weighted by molar-refractivity contribution is 9.10. The fraction of sp³-hybridized carbons (Fsp3) is 0.207. The van der Waals surface area contributed by atoms with E-state index in [1.807, 2.05) is 79.7 Å². The molecule has 0 fully saturated rings. The van der Waals surface area contributed by atoms with Crippen molar-refractivity contribution in [3.05, 3.63) is 107 Å². The van der Waals surface area contributed by atoms with Crippen LogP contribution in [-0.2, 0) is 9.53 Å². The van der Waals surface area contributed by atoms with E-state index in [1.54, 1.807) is 24.5 Å². The summed E-state index contributed by atoms with van der Waals surface area (Å²) in [7, 11) is 3.92. The molecular formula is C29H26BrN3O4S. The molecule has 1 aliphatic heterocycles. The number of esters is 1. The second kappa shape index (κ2) is 10.6. The minimum atomic E-state index is -0.654. The Bertz CT molecular complexity index is 1710. The van der Waals surface area contributed by atoms with E-state index in [2.05, 4.69) is 20.9 Å². The molecule has 0 amide bonds. The van der Waals surface area contributed by atoms with Crippen molar-refractivity contribution in [3.63, 3.8) is 0 Å². The molecule has 0 saturated carbocycles. The van der Waals surface area contributed by atoms with E-state index in [0.717, 1.165) is 21.3 Å². The van der Waals surface area contributed by atoms with Gasteiger partial charge in [0.1, 0.15) is 11.5 Å². The molecule has 0 bridgehead atoms. The summed E-state index contributed by atoms with van der Waals surface area (Å²) in [5.74, 6) is 0.784. The molecule has 0 aliphatic carbocycles. The molecule has 2 aromatic heterocycles. The normalized spacial score (nSPS) is 15.3. The van der Waals surface area contributed by atoms with Crippen LogP contribution in [0.5, 0.6) is 0 Å². The molecule has 0 unspecified atom stereocenters. The van der Waals surface area contributed by atoms with Crippen LogP contribution in [0.2, 0.25) is 0 Å². The van der Waals surface area contributed by atoms with Crippen LogP contribution < -0.4 is 19.8 Å². The van der Waals surface area contributed by atoms with Gasteiger partial charge in [-0.05, 0) is 55.8 Å². The van der Waals surface area contributed by atoms with Crippen molar-refractivity contribution in [3.8, 4) is 11.3 Å². The van der Waals surface area contributed by atoms with Gasteiger partial charge < -0.3 is 14.1 Å². The molecular weight excluding hydrogens is 566 g/mol. The smallest absolute Gasteiger partial charge is 0.338 e. The number of thiazole rings is 1. The predicted molar refractivity (Wildman–Crippen MR) is 153 cm³/mol. The monoisotopic (exact) mass is 591 g/mol. The Morgan fingerprint density at radius 3 is 2.50 bits per heavy atom. The van der Waals surface area contributed by atoms with Crippen LogP contribution >= 0.6 is 27.3 Å². The SMILES string of the molecule is CCOC(=O)C1=C(C)N=c2sc(=Cc3ccc(-c4ccc(Br)cc4)o3)c(=O)n2[C@H]1c1ccc(N(C)C)cc1. The number of aromatic nitrogens is 1. The lowest BCUT2D eigenvalue weighted by molar-refractivity contribution is -0.139. The van der Waals surface area contributed by atoms with Gasteiger partial charge in [-0.2, -0.15) is 0 Å². The van der Waals surface area contributed by atoms with Crippen LogP contribution in [0.25, 0.3) is 17.4 Å². The average Bonchev–Trinajstić information content (AvgIpc) is 3.48. The summed E-state index contributed by atoms with van der Waals surface area (Å²) < 4.78 is 14.4. The Labute approximate surface area is 232 Å². The zero-order chi connectivity index (χ0) is 27.0. The maximum absolute atomic E-state index is 13.8. The topological polar surface area (TPSA) is 77.0 Å². The van der Waals surface area contributed by atoms with Crippen molar-refractivity contribution in [2.24, 2.45) is 4.99 Å². The van der Waals surface area contributed by atoms with Crippen molar-refractivity contribution in [1.82, 2.24) is 4.57 Å². The first-order valence-corrected chi connectivity index (χ1v) is 13.7. The van der Waals surface area contributed by atoms with Gasteiger partial charge in [0.15, 0.2) is 4.80 Å². The third-order valence-corrected chi connectivity index (χ3v) is 7.78. The Balaban J connectivity index is 1.62. The number of rotatable bonds is 6. The second-order valence-electron chi connectivity index (χ2n) is 9.00. The number of furan rings is 1.